The molecule has 3 aromatic heterocycles. The number of carbonyl (C=O) groups is 1. The number of amides is 1. The lowest BCUT2D eigenvalue weighted by Crippen LogP contribution is -2.48. The van der Waals surface area contributed by atoms with E-state index in [0.717, 1.165) is 69.7 Å². The number of piperazine rings is 1. The van der Waals surface area contributed by atoms with Crippen molar-refractivity contribution in [2.75, 3.05) is 31.1 Å². The fourth-order valence-electron chi connectivity index (χ4n) is 3.86. The lowest BCUT2D eigenvalue weighted by atomic mass is 10.2. The van der Waals surface area contributed by atoms with Crippen molar-refractivity contribution in [3.63, 3.8) is 0 Å². The largest absolute Gasteiger partial charge is 0.353 e. The molecule has 4 heterocycles. The topological polar surface area (TPSA) is 78.0 Å². The van der Waals surface area contributed by atoms with Crippen LogP contribution < -0.4 is 4.90 Å². The van der Waals surface area contributed by atoms with Crippen molar-refractivity contribution in [3.05, 3.63) is 47.5 Å². The van der Waals surface area contributed by atoms with Gasteiger partial charge < -0.3 is 9.80 Å². The maximum Gasteiger partial charge on any atom is 0.219 e. The molecule has 0 aliphatic carbocycles. The average Bonchev–Trinajstić information content (AvgIpc) is 3.37. The van der Waals surface area contributed by atoms with E-state index in [-0.39, 0.29) is 5.91 Å². The third kappa shape index (κ3) is 3.33. The number of rotatable bonds is 3. The predicted molar refractivity (Wildman–Crippen MR) is 120 cm³/mol. The van der Waals surface area contributed by atoms with Gasteiger partial charge >= 0.3 is 0 Å². The predicted octanol–water partition coefficient (Wildman–Crippen LogP) is 3.73. The lowest BCUT2D eigenvalue weighted by molar-refractivity contribution is -0.129. The Kier molecular flexibility index (Phi) is 4.71. The number of H-pyrrole nitrogens is 1. The highest BCUT2D eigenvalue weighted by Gasteiger charge is 2.20. The molecule has 8 heteroatoms. The molecule has 0 bridgehead atoms. The SMILES string of the molecule is CC(=O)N1CCN(c2ccc(-c3nc(-c4n[nH]c5ccccc45)sc3C)cn2)CC1. The minimum Gasteiger partial charge on any atom is -0.353 e. The lowest BCUT2D eigenvalue weighted by Gasteiger charge is -2.34. The highest BCUT2D eigenvalue weighted by atomic mass is 32.1. The summed E-state index contributed by atoms with van der Waals surface area (Å²) in [5, 5.41) is 9.55. The highest BCUT2D eigenvalue weighted by Crippen LogP contribution is 2.35. The number of aromatic amines is 1. The molecule has 1 aromatic carbocycles. The minimum absolute atomic E-state index is 0.137. The van der Waals surface area contributed by atoms with Crippen LogP contribution in [0.5, 0.6) is 0 Å². The Bertz CT molecular complexity index is 1200. The summed E-state index contributed by atoms with van der Waals surface area (Å²) in [5.41, 5.74) is 3.85. The van der Waals surface area contributed by atoms with Crippen LogP contribution in [-0.4, -0.2) is 57.2 Å². The summed E-state index contributed by atoms with van der Waals surface area (Å²) in [7, 11) is 0. The smallest absolute Gasteiger partial charge is 0.219 e. The van der Waals surface area contributed by atoms with Gasteiger partial charge in [-0.2, -0.15) is 5.10 Å². The van der Waals surface area contributed by atoms with Gasteiger partial charge in [0.15, 0.2) is 0 Å². The molecule has 0 atom stereocenters. The number of para-hydroxylation sites is 1. The number of benzene rings is 1. The van der Waals surface area contributed by atoms with E-state index >= 15 is 0 Å². The third-order valence-electron chi connectivity index (χ3n) is 5.54. The summed E-state index contributed by atoms with van der Waals surface area (Å²) in [5.74, 6) is 1.07. The number of thiazole rings is 1. The van der Waals surface area contributed by atoms with E-state index in [1.54, 1.807) is 18.3 Å². The van der Waals surface area contributed by atoms with Crippen LogP contribution in [0, 0.1) is 6.92 Å². The number of anilines is 1. The van der Waals surface area contributed by atoms with Crippen LogP contribution >= 0.6 is 11.3 Å². The van der Waals surface area contributed by atoms with Gasteiger partial charge in [0.25, 0.3) is 0 Å². The van der Waals surface area contributed by atoms with Crippen molar-refractivity contribution in [3.8, 4) is 22.0 Å². The molecule has 1 N–H and O–H groups in total. The van der Waals surface area contributed by atoms with E-state index in [0.29, 0.717) is 0 Å². The van der Waals surface area contributed by atoms with Gasteiger partial charge in [-0.25, -0.2) is 9.97 Å². The van der Waals surface area contributed by atoms with Crippen LogP contribution in [0.3, 0.4) is 0 Å². The summed E-state index contributed by atoms with van der Waals surface area (Å²) in [4.78, 5) is 26.3. The molecule has 1 aliphatic heterocycles. The van der Waals surface area contributed by atoms with Gasteiger partial charge in [-0.3, -0.25) is 9.89 Å². The van der Waals surface area contributed by atoms with E-state index in [9.17, 15) is 4.79 Å². The fourth-order valence-corrected chi connectivity index (χ4v) is 4.80. The number of carbonyl (C=O) groups excluding carboxylic acids is 1. The standard InChI is InChI=1S/C22H22N6OS/c1-14-20(24-22(30-14)21-17-5-3-4-6-18(17)25-26-21)16-7-8-19(23-13-16)28-11-9-27(10-12-28)15(2)29/h3-8,13H,9-12H2,1-2H3,(H,25,26). The van der Waals surface area contributed by atoms with Crippen molar-refractivity contribution in [1.82, 2.24) is 25.1 Å². The Morgan fingerprint density at radius 2 is 1.87 bits per heavy atom. The summed E-state index contributed by atoms with van der Waals surface area (Å²) in [6.07, 6.45) is 1.89. The molecule has 0 radical (unpaired) electrons. The number of pyridine rings is 1. The monoisotopic (exact) mass is 418 g/mol. The maximum absolute atomic E-state index is 11.5. The Morgan fingerprint density at radius 3 is 2.60 bits per heavy atom. The molecule has 0 saturated carbocycles. The molecule has 152 valence electrons. The van der Waals surface area contributed by atoms with Gasteiger partial charge in [-0.15, -0.1) is 11.3 Å². The molecule has 1 aliphatic rings. The minimum atomic E-state index is 0.137. The van der Waals surface area contributed by atoms with Crippen molar-refractivity contribution >= 4 is 34.0 Å². The van der Waals surface area contributed by atoms with E-state index < -0.39 is 0 Å². The van der Waals surface area contributed by atoms with E-state index in [1.807, 2.05) is 35.4 Å². The first-order chi connectivity index (χ1) is 14.6. The molecule has 4 aromatic rings. The van der Waals surface area contributed by atoms with Crippen molar-refractivity contribution in [2.45, 2.75) is 13.8 Å². The molecule has 0 unspecified atom stereocenters. The second kappa shape index (κ2) is 7.53. The number of aryl methyl sites for hydroxylation is 1. The maximum atomic E-state index is 11.5. The summed E-state index contributed by atoms with van der Waals surface area (Å²) in [6.45, 7) is 6.80. The molecule has 7 nitrogen and oxygen atoms in total. The number of hydrogen-bond acceptors (Lipinski definition) is 6. The normalized spacial score (nSPS) is 14.5. The first-order valence-corrected chi connectivity index (χ1v) is 10.8. The number of nitrogens with zero attached hydrogens (tertiary/aromatic N) is 5. The first-order valence-electron chi connectivity index (χ1n) is 9.98. The van der Waals surface area contributed by atoms with Crippen LogP contribution in [0.1, 0.15) is 11.8 Å². The molecule has 0 spiro atoms. The van der Waals surface area contributed by atoms with Crippen LogP contribution in [-0.2, 0) is 4.79 Å². The van der Waals surface area contributed by atoms with E-state index in [2.05, 4.69) is 39.1 Å². The van der Waals surface area contributed by atoms with Gasteiger partial charge in [-0.1, -0.05) is 18.2 Å². The van der Waals surface area contributed by atoms with Crippen molar-refractivity contribution in [1.29, 1.82) is 0 Å². The molecule has 30 heavy (non-hydrogen) atoms. The Hall–Kier alpha value is -3.26. The Balaban J connectivity index is 1.38. The zero-order valence-electron chi connectivity index (χ0n) is 16.9. The second-order valence-electron chi connectivity index (χ2n) is 7.44. The van der Waals surface area contributed by atoms with Gasteiger partial charge in [0, 0.05) is 55.1 Å². The Labute approximate surface area is 178 Å². The Morgan fingerprint density at radius 1 is 1.07 bits per heavy atom. The average molecular weight is 419 g/mol. The third-order valence-corrected chi connectivity index (χ3v) is 6.52. The molecular formula is C22H22N6OS. The van der Waals surface area contributed by atoms with Gasteiger partial charge in [0.1, 0.15) is 16.5 Å². The van der Waals surface area contributed by atoms with Gasteiger partial charge in [0.05, 0.1) is 11.2 Å². The fraction of sp³-hybridized carbons (Fsp3) is 0.273. The van der Waals surface area contributed by atoms with E-state index in [1.165, 1.54) is 0 Å². The van der Waals surface area contributed by atoms with Crippen LogP contribution in [0.15, 0.2) is 42.6 Å². The van der Waals surface area contributed by atoms with E-state index in [4.69, 9.17) is 4.98 Å². The highest BCUT2D eigenvalue weighted by molar-refractivity contribution is 7.15. The van der Waals surface area contributed by atoms with Crippen LogP contribution in [0.4, 0.5) is 5.82 Å². The number of fused-ring (bicyclic) bond motifs is 1. The van der Waals surface area contributed by atoms with Crippen LogP contribution in [0.2, 0.25) is 0 Å². The zero-order valence-corrected chi connectivity index (χ0v) is 17.7. The molecule has 5 rings (SSSR count). The summed E-state index contributed by atoms with van der Waals surface area (Å²) >= 11 is 1.65. The first kappa shape index (κ1) is 18.7. The summed E-state index contributed by atoms with van der Waals surface area (Å²) < 4.78 is 0. The number of hydrogen-bond donors (Lipinski definition) is 1. The van der Waals surface area contributed by atoms with Gasteiger partial charge in [0.2, 0.25) is 5.91 Å². The van der Waals surface area contributed by atoms with Gasteiger partial charge in [-0.05, 0) is 25.1 Å². The summed E-state index contributed by atoms with van der Waals surface area (Å²) in [6, 6.07) is 12.2. The second-order valence-corrected chi connectivity index (χ2v) is 8.64. The quantitative estimate of drug-likeness (QED) is 0.549. The molecule has 1 amide bonds. The molecule has 1 saturated heterocycles. The molecular weight excluding hydrogens is 396 g/mol. The van der Waals surface area contributed by atoms with Crippen LogP contribution in [0.25, 0.3) is 32.9 Å². The van der Waals surface area contributed by atoms with Crippen molar-refractivity contribution < 1.29 is 4.79 Å². The molecule has 1 fully saturated rings. The number of aromatic nitrogens is 4. The zero-order chi connectivity index (χ0) is 20.7. The number of nitrogens with one attached hydrogen (secondary N) is 1. The van der Waals surface area contributed by atoms with Crippen molar-refractivity contribution in [2.24, 2.45) is 0 Å².